The van der Waals surface area contributed by atoms with E-state index in [2.05, 4.69) is 5.32 Å². The molecule has 0 radical (unpaired) electrons. The second-order valence-electron chi connectivity index (χ2n) is 4.77. The van der Waals surface area contributed by atoms with Crippen LogP contribution in [0.5, 0.6) is 0 Å². The van der Waals surface area contributed by atoms with E-state index >= 15 is 0 Å². The average molecular weight is 270 g/mol. The number of Topliss-reactive ketones (excluding diaryl/α,β-unsaturated/α-hetero) is 1. The number of benzene rings is 1. The molecule has 0 aliphatic rings. The maximum absolute atomic E-state index is 11.9. The molecule has 1 amide bonds. The fourth-order valence-corrected chi connectivity index (χ4v) is 2.00. The van der Waals surface area contributed by atoms with Crippen LogP contribution in [-0.2, 0) is 11.3 Å². The van der Waals surface area contributed by atoms with Gasteiger partial charge in [-0.05, 0) is 30.7 Å². The quantitative estimate of drug-likeness (QED) is 0.849. The summed E-state index contributed by atoms with van der Waals surface area (Å²) in [4.78, 5) is 23.5. The van der Waals surface area contributed by atoms with Gasteiger partial charge in [-0.1, -0.05) is 19.1 Å². The SMILES string of the molecule is CCC(=O)c1ccn(CC(=O)Nc2cccc(C)c2)c1. The van der Waals surface area contributed by atoms with Crippen molar-refractivity contribution in [2.45, 2.75) is 26.8 Å². The molecule has 20 heavy (non-hydrogen) atoms. The lowest BCUT2D eigenvalue weighted by atomic mass is 10.2. The number of anilines is 1. The first-order valence-electron chi connectivity index (χ1n) is 6.64. The van der Waals surface area contributed by atoms with Gasteiger partial charge >= 0.3 is 0 Å². The number of carbonyl (C=O) groups is 2. The standard InChI is InChI=1S/C16H18N2O2/c1-3-15(19)13-7-8-18(10-13)11-16(20)17-14-6-4-5-12(2)9-14/h4-10H,3,11H2,1-2H3,(H,17,20). The molecular formula is C16H18N2O2. The van der Waals surface area contributed by atoms with Crippen LogP contribution in [0, 0.1) is 6.92 Å². The highest BCUT2D eigenvalue weighted by Gasteiger charge is 2.07. The number of nitrogens with one attached hydrogen (secondary N) is 1. The van der Waals surface area contributed by atoms with Gasteiger partial charge in [0.15, 0.2) is 5.78 Å². The van der Waals surface area contributed by atoms with Crippen molar-refractivity contribution in [3.05, 3.63) is 53.9 Å². The first-order valence-corrected chi connectivity index (χ1v) is 6.64. The number of aromatic nitrogens is 1. The molecule has 2 rings (SSSR count). The van der Waals surface area contributed by atoms with E-state index in [-0.39, 0.29) is 18.2 Å². The molecule has 0 aliphatic heterocycles. The highest BCUT2D eigenvalue weighted by Crippen LogP contribution is 2.10. The zero-order valence-electron chi connectivity index (χ0n) is 11.7. The Morgan fingerprint density at radius 2 is 2.05 bits per heavy atom. The third-order valence-electron chi connectivity index (χ3n) is 3.02. The molecule has 0 fully saturated rings. The van der Waals surface area contributed by atoms with Crippen LogP contribution >= 0.6 is 0 Å². The molecule has 0 aliphatic carbocycles. The van der Waals surface area contributed by atoms with Gasteiger partial charge < -0.3 is 9.88 Å². The van der Waals surface area contributed by atoms with Crippen molar-refractivity contribution < 1.29 is 9.59 Å². The molecule has 1 heterocycles. The zero-order chi connectivity index (χ0) is 14.5. The van der Waals surface area contributed by atoms with E-state index < -0.39 is 0 Å². The normalized spacial score (nSPS) is 10.3. The molecular weight excluding hydrogens is 252 g/mol. The van der Waals surface area contributed by atoms with Crippen molar-refractivity contribution in [1.82, 2.24) is 4.57 Å². The smallest absolute Gasteiger partial charge is 0.244 e. The van der Waals surface area contributed by atoms with Crippen LogP contribution in [0.15, 0.2) is 42.7 Å². The van der Waals surface area contributed by atoms with Crippen molar-refractivity contribution >= 4 is 17.4 Å². The van der Waals surface area contributed by atoms with Crippen molar-refractivity contribution in [1.29, 1.82) is 0 Å². The van der Waals surface area contributed by atoms with E-state index in [4.69, 9.17) is 0 Å². The Kier molecular flexibility index (Phi) is 4.35. The van der Waals surface area contributed by atoms with Crippen LogP contribution in [-0.4, -0.2) is 16.3 Å². The summed E-state index contributed by atoms with van der Waals surface area (Å²) in [6.45, 7) is 4.00. The molecule has 1 aromatic heterocycles. The van der Waals surface area contributed by atoms with Gasteiger partial charge in [-0.3, -0.25) is 9.59 Å². The number of rotatable bonds is 5. The van der Waals surface area contributed by atoms with Crippen LogP contribution in [0.3, 0.4) is 0 Å². The number of aryl methyl sites for hydroxylation is 1. The van der Waals surface area contributed by atoms with Gasteiger partial charge in [0.1, 0.15) is 6.54 Å². The second kappa shape index (κ2) is 6.19. The summed E-state index contributed by atoms with van der Waals surface area (Å²) in [5, 5.41) is 2.84. The van der Waals surface area contributed by atoms with E-state index in [1.165, 1.54) is 0 Å². The first kappa shape index (κ1) is 14.1. The maximum atomic E-state index is 11.9. The lowest BCUT2D eigenvalue weighted by Gasteiger charge is -2.06. The summed E-state index contributed by atoms with van der Waals surface area (Å²) >= 11 is 0. The minimum absolute atomic E-state index is 0.0860. The fraction of sp³-hybridized carbons (Fsp3) is 0.250. The van der Waals surface area contributed by atoms with Gasteiger partial charge in [0.2, 0.25) is 5.91 Å². The molecule has 0 saturated carbocycles. The van der Waals surface area contributed by atoms with Gasteiger partial charge in [0, 0.05) is 30.1 Å². The van der Waals surface area contributed by atoms with Crippen LogP contribution < -0.4 is 5.32 Å². The number of carbonyl (C=O) groups excluding carboxylic acids is 2. The third kappa shape index (κ3) is 3.57. The number of hydrogen-bond acceptors (Lipinski definition) is 2. The van der Waals surface area contributed by atoms with Crippen molar-refractivity contribution in [2.24, 2.45) is 0 Å². The number of nitrogens with zero attached hydrogens (tertiary/aromatic N) is 1. The van der Waals surface area contributed by atoms with Crippen molar-refractivity contribution in [2.75, 3.05) is 5.32 Å². The first-order chi connectivity index (χ1) is 9.58. The Bertz CT molecular complexity index is 629. The third-order valence-corrected chi connectivity index (χ3v) is 3.02. The molecule has 4 nitrogen and oxygen atoms in total. The molecule has 4 heteroatoms. The molecule has 2 aromatic rings. The average Bonchev–Trinajstić information content (AvgIpc) is 2.86. The zero-order valence-corrected chi connectivity index (χ0v) is 11.7. The Balaban J connectivity index is 1.98. The van der Waals surface area contributed by atoms with E-state index in [9.17, 15) is 9.59 Å². The summed E-state index contributed by atoms with van der Waals surface area (Å²) < 4.78 is 1.72. The number of ketones is 1. The van der Waals surface area contributed by atoms with Crippen molar-refractivity contribution in [3.8, 4) is 0 Å². The topological polar surface area (TPSA) is 51.1 Å². The Hall–Kier alpha value is -2.36. The molecule has 0 saturated heterocycles. The fourth-order valence-electron chi connectivity index (χ4n) is 2.00. The Labute approximate surface area is 118 Å². The number of hydrogen-bond donors (Lipinski definition) is 1. The second-order valence-corrected chi connectivity index (χ2v) is 4.77. The molecule has 0 spiro atoms. The maximum Gasteiger partial charge on any atom is 0.244 e. The van der Waals surface area contributed by atoms with E-state index in [0.29, 0.717) is 12.0 Å². The highest BCUT2D eigenvalue weighted by atomic mass is 16.2. The summed E-state index contributed by atoms with van der Waals surface area (Å²) in [7, 11) is 0. The van der Waals surface area contributed by atoms with Crippen molar-refractivity contribution in [3.63, 3.8) is 0 Å². The van der Waals surface area contributed by atoms with E-state index in [0.717, 1.165) is 11.3 Å². The van der Waals surface area contributed by atoms with Gasteiger partial charge in [0.05, 0.1) is 0 Å². The minimum Gasteiger partial charge on any atom is -0.344 e. The van der Waals surface area contributed by atoms with Gasteiger partial charge in [-0.25, -0.2) is 0 Å². The molecule has 1 N–H and O–H groups in total. The Morgan fingerprint density at radius 3 is 2.75 bits per heavy atom. The minimum atomic E-state index is -0.110. The number of amides is 1. The van der Waals surface area contributed by atoms with E-state index in [1.54, 1.807) is 23.0 Å². The molecule has 104 valence electrons. The van der Waals surface area contributed by atoms with Gasteiger partial charge in [-0.2, -0.15) is 0 Å². The molecule has 0 atom stereocenters. The summed E-state index contributed by atoms with van der Waals surface area (Å²) in [5.74, 6) is -0.0236. The van der Waals surface area contributed by atoms with Crippen LogP contribution in [0.25, 0.3) is 0 Å². The van der Waals surface area contributed by atoms with Gasteiger partial charge in [-0.15, -0.1) is 0 Å². The van der Waals surface area contributed by atoms with Crippen LogP contribution in [0.1, 0.15) is 29.3 Å². The highest BCUT2D eigenvalue weighted by molar-refractivity contribution is 5.96. The summed E-state index contributed by atoms with van der Waals surface area (Å²) in [6, 6.07) is 9.39. The molecule has 0 bridgehead atoms. The predicted molar refractivity (Wildman–Crippen MR) is 78.9 cm³/mol. The summed E-state index contributed by atoms with van der Waals surface area (Å²) in [6.07, 6.45) is 3.93. The van der Waals surface area contributed by atoms with Gasteiger partial charge in [0.25, 0.3) is 0 Å². The summed E-state index contributed by atoms with van der Waals surface area (Å²) in [5.41, 5.74) is 2.53. The lowest BCUT2D eigenvalue weighted by Crippen LogP contribution is -2.17. The lowest BCUT2D eigenvalue weighted by molar-refractivity contribution is -0.116. The van der Waals surface area contributed by atoms with Crippen LogP contribution in [0.4, 0.5) is 5.69 Å². The largest absolute Gasteiger partial charge is 0.344 e. The predicted octanol–water partition coefficient (Wildman–Crippen LogP) is 3.03. The van der Waals surface area contributed by atoms with Crippen LogP contribution in [0.2, 0.25) is 0 Å². The molecule has 1 aromatic carbocycles. The monoisotopic (exact) mass is 270 g/mol. The van der Waals surface area contributed by atoms with E-state index in [1.807, 2.05) is 38.1 Å². The molecule has 0 unspecified atom stereocenters. The Morgan fingerprint density at radius 1 is 1.25 bits per heavy atom.